The third-order valence-electron chi connectivity index (χ3n) is 3.43. The van der Waals surface area contributed by atoms with Crippen molar-refractivity contribution in [2.24, 2.45) is 0 Å². The van der Waals surface area contributed by atoms with E-state index >= 15 is 0 Å². The molecule has 1 saturated heterocycles. The zero-order chi connectivity index (χ0) is 14.0. The van der Waals surface area contributed by atoms with Gasteiger partial charge < -0.3 is 9.47 Å². The molecule has 1 heterocycles. The zero-order valence-corrected chi connectivity index (χ0v) is 13.1. The highest BCUT2D eigenvalue weighted by atomic mass is 79.9. The Morgan fingerprint density at radius 3 is 2.45 bits per heavy atom. The third kappa shape index (κ3) is 2.63. The lowest BCUT2D eigenvalue weighted by Crippen LogP contribution is -2.29. The van der Waals surface area contributed by atoms with E-state index in [2.05, 4.69) is 15.9 Å². The van der Waals surface area contributed by atoms with E-state index in [1.807, 2.05) is 54.6 Å². The first-order chi connectivity index (χ1) is 9.73. The quantitative estimate of drug-likeness (QED) is 0.746. The van der Waals surface area contributed by atoms with Crippen molar-refractivity contribution in [1.82, 2.24) is 0 Å². The third-order valence-corrected chi connectivity index (χ3v) is 4.42. The van der Waals surface area contributed by atoms with Crippen molar-refractivity contribution in [2.45, 2.75) is 11.9 Å². The standard InChI is InChI=1S/C16H14BrClO2/c17-11-16(13-4-2-1-3-5-13)19-10-15(20-16)12-6-8-14(18)9-7-12/h1-9,15H,10-11H2/t15-,16+/m1/s1. The predicted molar refractivity (Wildman–Crippen MR) is 83.1 cm³/mol. The average molecular weight is 354 g/mol. The molecule has 1 aliphatic heterocycles. The summed E-state index contributed by atoms with van der Waals surface area (Å²) in [5.74, 6) is -0.717. The van der Waals surface area contributed by atoms with Gasteiger partial charge in [0.15, 0.2) is 0 Å². The predicted octanol–water partition coefficient (Wildman–Crippen LogP) is 4.68. The Morgan fingerprint density at radius 2 is 1.80 bits per heavy atom. The number of alkyl halides is 1. The molecule has 0 unspecified atom stereocenters. The highest BCUT2D eigenvalue weighted by Crippen LogP contribution is 2.41. The van der Waals surface area contributed by atoms with Crippen molar-refractivity contribution in [1.29, 1.82) is 0 Å². The molecule has 2 nitrogen and oxygen atoms in total. The molecule has 104 valence electrons. The summed E-state index contributed by atoms with van der Waals surface area (Å²) in [6, 6.07) is 17.7. The molecule has 2 atom stereocenters. The van der Waals surface area contributed by atoms with E-state index < -0.39 is 5.79 Å². The van der Waals surface area contributed by atoms with Gasteiger partial charge in [0.25, 0.3) is 0 Å². The number of halogens is 2. The van der Waals surface area contributed by atoms with Crippen LogP contribution >= 0.6 is 27.5 Å². The molecule has 0 amide bonds. The van der Waals surface area contributed by atoms with Gasteiger partial charge in [0.1, 0.15) is 6.10 Å². The van der Waals surface area contributed by atoms with Crippen molar-refractivity contribution >= 4 is 27.5 Å². The Balaban J connectivity index is 1.86. The second-order valence-corrected chi connectivity index (χ2v) is 5.72. The van der Waals surface area contributed by atoms with Crippen LogP contribution in [-0.4, -0.2) is 11.9 Å². The number of hydrogen-bond donors (Lipinski definition) is 0. The maximum absolute atomic E-state index is 6.20. The zero-order valence-electron chi connectivity index (χ0n) is 10.8. The highest BCUT2D eigenvalue weighted by molar-refractivity contribution is 9.09. The molecule has 0 spiro atoms. The van der Waals surface area contributed by atoms with E-state index in [0.717, 1.165) is 16.1 Å². The Kier molecular flexibility index (Phi) is 4.13. The van der Waals surface area contributed by atoms with E-state index in [-0.39, 0.29) is 6.10 Å². The summed E-state index contributed by atoms with van der Waals surface area (Å²) in [4.78, 5) is 0. The van der Waals surface area contributed by atoms with Crippen LogP contribution in [0.25, 0.3) is 0 Å². The van der Waals surface area contributed by atoms with Crippen molar-refractivity contribution in [2.75, 3.05) is 11.9 Å². The molecule has 1 aliphatic rings. The molecule has 0 saturated carbocycles. The maximum atomic E-state index is 6.20. The average Bonchev–Trinajstić information content (AvgIpc) is 2.95. The smallest absolute Gasteiger partial charge is 0.205 e. The molecule has 2 aromatic rings. The summed E-state index contributed by atoms with van der Waals surface area (Å²) in [5, 5.41) is 1.32. The summed E-state index contributed by atoms with van der Waals surface area (Å²) in [6.45, 7) is 0.530. The van der Waals surface area contributed by atoms with Crippen LogP contribution in [0.1, 0.15) is 17.2 Å². The Bertz CT molecular complexity index is 573. The molecule has 20 heavy (non-hydrogen) atoms. The minimum absolute atomic E-state index is 0.0787. The van der Waals surface area contributed by atoms with Crippen molar-refractivity contribution < 1.29 is 9.47 Å². The first kappa shape index (κ1) is 14.1. The van der Waals surface area contributed by atoms with Crippen molar-refractivity contribution in [3.63, 3.8) is 0 Å². The van der Waals surface area contributed by atoms with E-state index in [0.29, 0.717) is 11.9 Å². The lowest BCUT2D eigenvalue weighted by molar-refractivity contribution is -0.157. The van der Waals surface area contributed by atoms with Crippen LogP contribution in [0.3, 0.4) is 0 Å². The molecule has 2 aromatic carbocycles. The first-order valence-corrected chi connectivity index (χ1v) is 7.92. The van der Waals surface area contributed by atoms with Crippen LogP contribution in [0.5, 0.6) is 0 Å². The normalized spacial score (nSPS) is 25.8. The summed E-state index contributed by atoms with van der Waals surface area (Å²) in [7, 11) is 0. The lowest BCUT2D eigenvalue weighted by atomic mass is 10.1. The number of rotatable bonds is 3. The second kappa shape index (κ2) is 5.86. The van der Waals surface area contributed by atoms with E-state index in [1.165, 1.54) is 0 Å². The molecule has 0 radical (unpaired) electrons. The fourth-order valence-electron chi connectivity index (χ4n) is 2.34. The molecule has 3 rings (SSSR count). The highest BCUT2D eigenvalue weighted by Gasteiger charge is 2.42. The van der Waals surface area contributed by atoms with Crippen LogP contribution in [0.2, 0.25) is 5.02 Å². The molecular formula is C16H14BrClO2. The van der Waals surface area contributed by atoms with Crippen LogP contribution in [0.4, 0.5) is 0 Å². The van der Waals surface area contributed by atoms with Gasteiger partial charge in [-0.15, -0.1) is 0 Å². The minimum Gasteiger partial charge on any atom is -0.342 e. The molecule has 1 fully saturated rings. The maximum Gasteiger partial charge on any atom is 0.205 e. The SMILES string of the molecule is Clc1ccc([C@H]2CO[C@](CBr)(c3ccccc3)O2)cc1. The van der Waals surface area contributed by atoms with Gasteiger partial charge in [-0.3, -0.25) is 0 Å². The fourth-order valence-corrected chi connectivity index (χ4v) is 3.08. The van der Waals surface area contributed by atoms with Gasteiger partial charge in [0, 0.05) is 10.6 Å². The van der Waals surface area contributed by atoms with Gasteiger partial charge in [0.2, 0.25) is 5.79 Å². The molecule has 0 bridgehead atoms. The van der Waals surface area contributed by atoms with Crippen molar-refractivity contribution in [3.8, 4) is 0 Å². The van der Waals surface area contributed by atoms with E-state index in [4.69, 9.17) is 21.1 Å². The number of benzene rings is 2. The Hall–Kier alpha value is -0.870. The Labute approximate surface area is 131 Å². The van der Waals surface area contributed by atoms with E-state index in [1.54, 1.807) is 0 Å². The Morgan fingerprint density at radius 1 is 1.10 bits per heavy atom. The molecular weight excluding hydrogens is 340 g/mol. The molecule has 4 heteroatoms. The van der Waals surface area contributed by atoms with Gasteiger partial charge in [-0.1, -0.05) is 70.0 Å². The van der Waals surface area contributed by atoms with Gasteiger partial charge in [-0.25, -0.2) is 0 Å². The van der Waals surface area contributed by atoms with Crippen molar-refractivity contribution in [3.05, 3.63) is 70.7 Å². The van der Waals surface area contributed by atoms with Crippen LogP contribution < -0.4 is 0 Å². The largest absolute Gasteiger partial charge is 0.342 e. The van der Waals surface area contributed by atoms with Crippen LogP contribution in [0.15, 0.2) is 54.6 Å². The first-order valence-electron chi connectivity index (χ1n) is 6.42. The molecule has 0 N–H and O–H groups in total. The summed E-state index contributed by atoms with van der Waals surface area (Å²) in [6.07, 6.45) is -0.0787. The summed E-state index contributed by atoms with van der Waals surface area (Å²) >= 11 is 9.43. The van der Waals surface area contributed by atoms with Crippen LogP contribution in [0, 0.1) is 0 Å². The topological polar surface area (TPSA) is 18.5 Å². The minimum atomic E-state index is -0.717. The van der Waals surface area contributed by atoms with Gasteiger partial charge in [0.05, 0.1) is 11.9 Å². The van der Waals surface area contributed by atoms with Crippen LogP contribution in [-0.2, 0) is 15.3 Å². The fraction of sp³-hybridized carbons (Fsp3) is 0.250. The van der Waals surface area contributed by atoms with E-state index in [9.17, 15) is 0 Å². The van der Waals surface area contributed by atoms with Gasteiger partial charge in [-0.05, 0) is 17.7 Å². The summed E-state index contributed by atoms with van der Waals surface area (Å²) < 4.78 is 12.2. The second-order valence-electron chi connectivity index (χ2n) is 4.72. The number of hydrogen-bond acceptors (Lipinski definition) is 2. The summed E-state index contributed by atoms with van der Waals surface area (Å²) in [5.41, 5.74) is 2.10. The lowest BCUT2D eigenvalue weighted by Gasteiger charge is -2.26. The monoisotopic (exact) mass is 352 g/mol. The van der Waals surface area contributed by atoms with Gasteiger partial charge >= 0.3 is 0 Å². The van der Waals surface area contributed by atoms with Gasteiger partial charge in [-0.2, -0.15) is 0 Å². The molecule has 0 aromatic heterocycles. The molecule has 0 aliphatic carbocycles. The number of ether oxygens (including phenoxy) is 2.